The molecule has 0 amide bonds. The van der Waals surface area contributed by atoms with Gasteiger partial charge in [0.05, 0.1) is 17.8 Å². The summed E-state index contributed by atoms with van der Waals surface area (Å²) in [7, 11) is 0. The zero-order chi connectivity index (χ0) is 19.8. The lowest BCUT2D eigenvalue weighted by molar-refractivity contribution is 0.329. The van der Waals surface area contributed by atoms with Gasteiger partial charge in [-0.2, -0.15) is 0 Å². The van der Waals surface area contributed by atoms with Crippen LogP contribution >= 0.6 is 12.2 Å². The predicted octanol–water partition coefficient (Wildman–Crippen LogP) is 4.62. The second kappa shape index (κ2) is 7.36. The Bertz CT molecular complexity index is 1010. The number of likely N-dealkylation sites (N-methyl/N-ethyl adjacent to an activating group) is 1. The van der Waals surface area contributed by atoms with E-state index in [2.05, 4.69) is 39.7 Å². The Hall–Kier alpha value is -2.73. The highest BCUT2D eigenvalue weighted by atomic mass is 32.1. The largest absolute Gasteiger partial charge is 0.352 e. The normalized spacial score (nSPS) is 19.1. The van der Waals surface area contributed by atoms with Crippen LogP contribution in [0, 0.1) is 19.7 Å². The van der Waals surface area contributed by atoms with Gasteiger partial charge in [0.2, 0.25) is 0 Å². The van der Waals surface area contributed by atoms with Crippen molar-refractivity contribution in [3.05, 3.63) is 83.2 Å². The molecule has 1 saturated heterocycles. The average Bonchev–Trinajstić information content (AvgIpc) is 3.17. The van der Waals surface area contributed by atoms with Crippen LogP contribution in [-0.2, 0) is 0 Å². The maximum atomic E-state index is 13.8. The summed E-state index contributed by atoms with van der Waals surface area (Å²) in [4.78, 5) is 6.76. The van der Waals surface area contributed by atoms with Crippen molar-refractivity contribution in [2.24, 2.45) is 0 Å². The third kappa shape index (κ3) is 3.07. The number of aromatic nitrogens is 2. The van der Waals surface area contributed by atoms with E-state index in [9.17, 15) is 4.39 Å². The standard InChI is InChI=1S/C22H23FN4S/c1-4-26-21(20(25-22(26)28)19-10-5-6-11-24-19)18-12-14(2)27(15(18)3)17-9-7-8-16(23)13-17/h5-13,20-21H,4H2,1-3H3,(H,25,28)/t20-,21+/m0/s1. The van der Waals surface area contributed by atoms with E-state index >= 15 is 0 Å². The van der Waals surface area contributed by atoms with Crippen LogP contribution in [0.5, 0.6) is 0 Å². The van der Waals surface area contributed by atoms with Crippen LogP contribution in [0.1, 0.15) is 41.7 Å². The number of hydrogen-bond acceptors (Lipinski definition) is 2. The Balaban J connectivity index is 1.84. The Morgan fingerprint density at radius 1 is 1.14 bits per heavy atom. The van der Waals surface area contributed by atoms with Gasteiger partial charge >= 0.3 is 0 Å². The summed E-state index contributed by atoms with van der Waals surface area (Å²) in [5.74, 6) is -0.239. The topological polar surface area (TPSA) is 33.1 Å². The molecule has 1 aliphatic rings. The van der Waals surface area contributed by atoms with E-state index in [0.717, 1.165) is 34.4 Å². The van der Waals surface area contributed by atoms with Crippen molar-refractivity contribution in [3.8, 4) is 5.69 Å². The number of nitrogens with zero attached hydrogens (tertiary/aromatic N) is 3. The van der Waals surface area contributed by atoms with Crippen LogP contribution in [0.25, 0.3) is 5.69 Å². The molecular weight excluding hydrogens is 371 g/mol. The molecule has 3 aromatic rings. The number of aryl methyl sites for hydroxylation is 1. The molecule has 3 heterocycles. The lowest BCUT2D eigenvalue weighted by Gasteiger charge is -2.27. The number of thiocarbonyl (C=S) groups is 1. The Morgan fingerprint density at radius 3 is 2.64 bits per heavy atom. The van der Waals surface area contributed by atoms with Gasteiger partial charge in [-0.25, -0.2) is 4.39 Å². The summed E-state index contributed by atoms with van der Waals surface area (Å²) in [6, 6.07) is 14.8. The highest BCUT2D eigenvalue weighted by Gasteiger charge is 2.40. The molecule has 1 fully saturated rings. The summed E-state index contributed by atoms with van der Waals surface area (Å²) >= 11 is 5.62. The summed E-state index contributed by atoms with van der Waals surface area (Å²) in [6.45, 7) is 7.03. The molecule has 2 aromatic heterocycles. The van der Waals surface area contributed by atoms with Gasteiger partial charge in [-0.05, 0) is 75.0 Å². The lowest BCUT2D eigenvalue weighted by Crippen LogP contribution is -2.29. The molecule has 4 rings (SSSR count). The summed E-state index contributed by atoms with van der Waals surface area (Å²) in [5, 5.41) is 4.19. The number of halogens is 1. The van der Waals surface area contributed by atoms with Gasteiger partial charge in [0.1, 0.15) is 5.82 Å². The first kappa shape index (κ1) is 18.6. The van der Waals surface area contributed by atoms with E-state index in [1.165, 1.54) is 11.6 Å². The first-order chi connectivity index (χ1) is 13.5. The van der Waals surface area contributed by atoms with Gasteiger partial charge in [0.25, 0.3) is 0 Å². The molecule has 0 spiro atoms. The highest BCUT2D eigenvalue weighted by Crippen LogP contribution is 2.41. The quantitative estimate of drug-likeness (QED) is 0.655. The molecule has 0 saturated carbocycles. The first-order valence-electron chi connectivity index (χ1n) is 9.44. The minimum Gasteiger partial charge on any atom is -0.352 e. The van der Waals surface area contributed by atoms with E-state index in [-0.39, 0.29) is 17.9 Å². The highest BCUT2D eigenvalue weighted by molar-refractivity contribution is 7.80. The van der Waals surface area contributed by atoms with Crippen LogP contribution in [0.15, 0.2) is 54.7 Å². The molecule has 28 heavy (non-hydrogen) atoms. The van der Waals surface area contributed by atoms with Crippen molar-refractivity contribution in [1.82, 2.24) is 19.8 Å². The van der Waals surface area contributed by atoms with E-state index in [1.54, 1.807) is 12.1 Å². The van der Waals surface area contributed by atoms with Crippen LogP contribution in [0.3, 0.4) is 0 Å². The van der Waals surface area contributed by atoms with Crippen LogP contribution in [0.2, 0.25) is 0 Å². The van der Waals surface area contributed by atoms with E-state index in [4.69, 9.17) is 12.2 Å². The van der Waals surface area contributed by atoms with E-state index in [0.29, 0.717) is 0 Å². The lowest BCUT2D eigenvalue weighted by atomic mass is 9.97. The molecule has 144 valence electrons. The Kier molecular flexibility index (Phi) is 4.89. The van der Waals surface area contributed by atoms with Crippen molar-refractivity contribution >= 4 is 17.3 Å². The van der Waals surface area contributed by atoms with Gasteiger partial charge in [-0.15, -0.1) is 0 Å². The molecular formula is C22H23FN4S. The van der Waals surface area contributed by atoms with Gasteiger partial charge in [-0.1, -0.05) is 12.1 Å². The van der Waals surface area contributed by atoms with Crippen LogP contribution < -0.4 is 5.32 Å². The molecule has 6 heteroatoms. The fraction of sp³-hybridized carbons (Fsp3) is 0.273. The maximum absolute atomic E-state index is 13.8. The number of pyridine rings is 1. The molecule has 1 aromatic carbocycles. The average molecular weight is 395 g/mol. The van der Waals surface area contributed by atoms with Gasteiger partial charge in [0, 0.05) is 29.8 Å². The third-order valence-corrected chi connectivity index (χ3v) is 5.75. The molecule has 0 radical (unpaired) electrons. The van der Waals surface area contributed by atoms with Gasteiger partial charge in [-0.3, -0.25) is 4.98 Å². The minimum atomic E-state index is -0.239. The molecule has 0 unspecified atom stereocenters. The Morgan fingerprint density at radius 2 is 1.96 bits per heavy atom. The Labute approximate surface area is 170 Å². The van der Waals surface area contributed by atoms with Crippen LogP contribution in [-0.4, -0.2) is 26.1 Å². The number of benzene rings is 1. The zero-order valence-electron chi connectivity index (χ0n) is 16.2. The fourth-order valence-corrected chi connectivity index (χ4v) is 4.55. The molecule has 0 bridgehead atoms. The number of nitrogens with one attached hydrogen (secondary N) is 1. The van der Waals surface area contributed by atoms with Crippen molar-refractivity contribution in [1.29, 1.82) is 0 Å². The molecule has 4 nitrogen and oxygen atoms in total. The second-order valence-corrected chi connectivity index (χ2v) is 7.44. The van der Waals surface area contributed by atoms with Gasteiger partial charge in [0.15, 0.2) is 5.11 Å². The summed E-state index contributed by atoms with van der Waals surface area (Å²) in [6.07, 6.45) is 1.81. The van der Waals surface area contributed by atoms with Crippen molar-refractivity contribution in [2.45, 2.75) is 32.9 Å². The molecule has 1 N–H and O–H groups in total. The van der Waals surface area contributed by atoms with Crippen LogP contribution in [0.4, 0.5) is 4.39 Å². The minimum absolute atomic E-state index is 0.0286. The van der Waals surface area contributed by atoms with Crippen molar-refractivity contribution < 1.29 is 4.39 Å². The number of rotatable bonds is 4. The SMILES string of the molecule is CCN1C(=S)N[C@@H](c2ccccn2)[C@H]1c1cc(C)n(-c2cccc(F)c2)c1C. The second-order valence-electron chi connectivity index (χ2n) is 7.05. The van der Waals surface area contributed by atoms with E-state index < -0.39 is 0 Å². The number of hydrogen-bond donors (Lipinski definition) is 1. The first-order valence-corrected chi connectivity index (χ1v) is 9.85. The van der Waals surface area contributed by atoms with Crippen molar-refractivity contribution in [2.75, 3.05) is 6.54 Å². The molecule has 1 aliphatic heterocycles. The molecule has 0 aliphatic carbocycles. The monoisotopic (exact) mass is 394 g/mol. The fourth-order valence-electron chi connectivity index (χ4n) is 4.18. The predicted molar refractivity (Wildman–Crippen MR) is 113 cm³/mol. The summed E-state index contributed by atoms with van der Waals surface area (Å²) in [5.41, 5.74) is 5.10. The third-order valence-electron chi connectivity index (χ3n) is 5.39. The zero-order valence-corrected chi connectivity index (χ0v) is 17.0. The van der Waals surface area contributed by atoms with Crippen molar-refractivity contribution in [3.63, 3.8) is 0 Å². The van der Waals surface area contributed by atoms with Gasteiger partial charge < -0.3 is 14.8 Å². The maximum Gasteiger partial charge on any atom is 0.170 e. The summed E-state index contributed by atoms with van der Waals surface area (Å²) < 4.78 is 15.9. The molecule has 2 atom stereocenters. The van der Waals surface area contributed by atoms with E-state index in [1.807, 2.05) is 37.4 Å². The smallest absolute Gasteiger partial charge is 0.170 e.